The molecule has 0 radical (unpaired) electrons. The number of carbonyl (C=O) groups excluding carboxylic acids is 1. The van der Waals surface area contributed by atoms with Crippen LogP contribution in [0, 0.1) is 0 Å². The van der Waals surface area contributed by atoms with E-state index in [0.29, 0.717) is 23.0 Å². The van der Waals surface area contributed by atoms with E-state index in [9.17, 15) is 18.3 Å². The number of aromatic nitrogens is 3. The molecule has 2 heterocycles. The predicted octanol–water partition coefficient (Wildman–Crippen LogP) is 1.40. The number of ketones is 1. The van der Waals surface area contributed by atoms with Crippen LogP contribution in [0.15, 0.2) is 29.4 Å². The second-order valence-electron chi connectivity index (χ2n) is 5.76. The van der Waals surface area contributed by atoms with Gasteiger partial charge in [0, 0.05) is 18.5 Å². The van der Waals surface area contributed by atoms with E-state index in [-0.39, 0.29) is 34.7 Å². The fourth-order valence-electron chi connectivity index (χ4n) is 2.67. The maximum absolute atomic E-state index is 12.1. The molecule has 0 unspecified atom stereocenters. The van der Waals surface area contributed by atoms with Gasteiger partial charge in [-0.25, -0.2) is 8.42 Å². The Hall–Kier alpha value is -1.87. The summed E-state index contributed by atoms with van der Waals surface area (Å²) >= 11 is 1.26. The van der Waals surface area contributed by atoms with Crippen LogP contribution in [0.1, 0.15) is 28.5 Å². The fraction of sp³-hybridized carbons (Fsp3) is 0.400. The van der Waals surface area contributed by atoms with Crippen molar-refractivity contribution in [1.29, 1.82) is 0 Å². The van der Waals surface area contributed by atoms with Gasteiger partial charge in [-0.3, -0.25) is 4.79 Å². The number of nitrogens with zero attached hydrogens (tertiary/aromatic N) is 3. The Balaban J connectivity index is 1.66. The predicted molar refractivity (Wildman–Crippen MR) is 90.2 cm³/mol. The van der Waals surface area contributed by atoms with Gasteiger partial charge in [0.1, 0.15) is 11.6 Å². The summed E-state index contributed by atoms with van der Waals surface area (Å²) in [5.41, 5.74) is 0.518. The number of carbonyl (C=O) groups is 1. The number of phenols is 1. The number of Topliss-reactive ketones (excluding diaryl/α,β-unsaturated/α-hetero) is 1. The third kappa shape index (κ3) is 3.62. The van der Waals surface area contributed by atoms with E-state index >= 15 is 0 Å². The van der Waals surface area contributed by atoms with Gasteiger partial charge >= 0.3 is 0 Å². The average Bonchev–Trinajstić information content (AvgIpc) is 3.08. The van der Waals surface area contributed by atoms with Gasteiger partial charge in [0.05, 0.1) is 17.3 Å². The largest absolute Gasteiger partial charge is 0.508 e. The third-order valence-electron chi connectivity index (χ3n) is 3.99. The van der Waals surface area contributed by atoms with E-state index in [4.69, 9.17) is 0 Å². The van der Waals surface area contributed by atoms with Crippen LogP contribution in [0.5, 0.6) is 5.75 Å². The van der Waals surface area contributed by atoms with Crippen LogP contribution in [0.4, 0.5) is 0 Å². The lowest BCUT2D eigenvalue weighted by molar-refractivity contribution is 0.102. The lowest BCUT2D eigenvalue weighted by Crippen LogP contribution is -2.09. The van der Waals surface area contributed by atoms with Crippen LogP contribution < -0.4 is 0 Å². The van der Waals surface area contributed by atoms with Crippen LogP contribution in [-0.4, -0.2) is 51.3 Å². The second kappa shape index (κ2) is 6.56. The first-order chi connectivity index (χ1) is 11.4. The van der Waals surface area contributed by atoms with Gasteiger partial charge in [-0.2, -0.15) is 0 Å². The highest BCUT2D eigenvalue weighted by atomic mass is 32.2. The molecule has 1 atom stereocenters. The molecule has 0 spiro atoms. The third-order valence-corrected chi connectivity index (χ3v) is 6.78. The molecule has 9 heteroatoms. The van der Waals surface area contributed by atoms with Gasteiger partial charge in [0.15, 0.2) is 20.8 Å². The molecular weight excluding hydrogens is 350 g/mol. The van der Waals surface area contributed by atoms with E-state index in [1.54, 1.807) is 23.7 Å². The van der Waals surface area contributed by atoms with Gasteiger partial charge in [-0.1, -0.05) is 11.8 Å². The highest BCUT2D eigenvalue weighted by Gasteiger charge is 2.32. The number of sulfone groups is 1. The van der Waals surface area contributed by atoms with Crippen molar-refractivity contribution >= 4 is 27.4 Å². The molecular formula is C15H17N3O4S2. The highest BCUT2D eigenvalue weighted by Crippen LogP contribution is 2.29. The Morgan fingerprint density at radius 2 is 2.04 bits per heavy atom. The Bertz CT molecular complexity index is 859. The van der Waals surface area contributed by atoms with Crippen LogP contribution in [0.3, 0.4) is 0 Å². The first-order valence-corrected chi connectivity index (χ1v) is 10.2. The molecule has 1 saturated heterocycles. The number of phenolic OH excluding ortho intramolecular Hbond substituents is 1. The lowest BCUT2D eigenvalue weighted by Gasteiger charge is -2.07. The van der Waals surface area contributed by atoms with Gasteiger partial charge in [0.25, 0.3) is 0 Å². The Kier molecular flexibility index (Phi) is 4.64. The normalized spacial score (nSPS) is 19.5. The topological polar surface area (TPSA) is 102 Å². The summed E-state index contributed by atoms with van der Waals surface area (Å²) < 4.78 is 25.0. The van der Waals surface area contributed by atoms with Crippen LogP contribution >= 0.6 is 11.8 Å². The number of hydrogen-bond acceptors (Lipinski definition) is 7. The first-order valence-electron chi connectivity index (χ1n) is 7.40. The number of rotatable bonds is 5. The van der Waals surface area contributed by atoms with Crippen molar-refractivity contribution in [3.63, 3.8) is 0 Å². The quantitative estimate of drug-likeness (QED) is 0.629. The number of thioether (sulfide) groups is 1. The molecule has 1 aliphatic rings. The van der Waals surface area contributed by atoms with E-state index < -0.39 is 9.84 Å². The SMILES string of the molecule is Cn1c(SCC(=O)c2ccc(O)cc2)nnc1[C@@H]1CCS(=O)(=O)C1. The van der Waals surface area contributed by atoms with E-state index in [2.05, 4.69) is 10.2 Å². The smallest absolute Gasteiger partial charge is 0.191 e. The molecule has 1 aliphatic heterocycles. The van der Waals surface area contributed by atoms with Gasteiger partial charge in [-0.15, -0.1) is 10.2 Å². The van der Waals surface area contributed by atoms with E-state index in [0.717, 1.165) is 0 Å². The second-order valence-corrected chi connectivity index (χ2v) is 8.93. The van der Waals surface area contributed by atoms with Gasteiger partial charge in [0.2, 0.25) is 0 Å². The molecule has 24 heavy (non-hydrogen) atoms. The summed E-state index contributed by atoms with van der Waals surface area (Å²) in [4.78, 5) is 12.1. The molecule has 0 saturated carbocycles. The minimum Gasteiger partial charge on any atom is -0.508 e. The molecule has 0 aliphatic carbocycles. The fourth-order valence-corrected chi connectivity index (χ4v) is 5.22. The molecule has 2 aromatic rings. The van der Waals surface area contributed by atoms with Crippen LogP contribution in [-0.2, 0) is 16.9 Å². The molecule has 1 N–H and O–H groups in total. The molecule has 0 bridgehead atoms. The average molecular weight is 367 g/mol. The summed E-state index contributed by atoms with van der Waals surface area (Å²) in [5.74, 6) is 1.05. The molecule has 1 aromatic carbocycles. The molecule has 0 amide bonds. The van der Waals surface area contributed by atoms with E-state index in [1.165, 1.54) is 23.9 Å². The molecule has 7 nitrogen and oxygen atoms in total. The molecule has 128 valence electrons. The molecule has 1 aromatic heterocycles. The minimum atomic E-state index is -2.98. The monoisotopic (exact) mass is 367 g/mol. The zero-order valence-corrected chi connectivity index (χ0v) is 14.7. The van der Waals surface area contributed by atoms with Gasteiger partial charge in [-0.05, 0) is 30.7 Å². The Morgan fingerprint density at radius 3 is 2.67 bits per heavy atom. The van der Waals surface area contributed by atoms with Crippen LogP contribution in [0.25, 0.3) is 0 Å². The zero-order chi connectivity index (χ0) is 17.3. The van der Waals surface area contributed by atoms with Crippen molar-refractivity contribution in [1.82, 2.24) is 14.8 Å². The van der Waals surface area contributed by atoms with E-state index in [1.807, 2.05) is 0 Å². The standard InChI is InChI=1S/C15H17N3O4S2/c1-18-14(11-6-7-24(21,22)9-11)16-17-15(18)23-8-13(20)10-2-4-12(19)5-3-10/h2-5,11,19H,6-9H2,1H3/t11-/m1/s1. The number of hydrogen-bond donors (Lipinski definition) is 1. The van der Waals surface area contributed by atoms with Crippen LogP contribution in [0.2, 0.25) is 0 Å². The summed E-state index contributed by atoms with van der Waals surface area (Å²) in [6.07, 6.45) is 0.561. The summed E-state index contributed by atoms with van der Waals surface area (Å²) in [6, 6.07) is 6.09. The highest BCUT2D eigenvalue weighted by molar-refractivity contribution is 7.99. The lowest BCUT2D eigenvalue weighted by atomic mass is 10.1. The van der Waals surface area contributed by atoms with Crippen molar-refractivity contribution in [2.75, 3.05) is 17.3 Å². The number of aromatic hydroxyl groups is 1. The summed E-state index contributed by atoms with van der Waals surface area (Å²) in [6.45, 7) is 0. The summed E-state index contributed by atoms with van der Waals surface area (Å²) in [7, 11) is -1.19. The number of benzene rings is 1. The first kappa shape index (κ1) is 17.0. The van der Waals surface area contributed by atoms with Crippen molar-refractivity contribution in [3.05, 3.63) is 35.7 Å². The molecule has 3 rings (SSSR count). The minimum absolute atomic E-state index is 0.0759. The van der Waals surface area contributed by atoms with Crippen molar-refractivity contribution < 1.29 is 18.3 Å². The molecule has 1 fully saturated rings. The maximum atomic E-state index is 12.1. The van der Waals surface area contributed by atoms with Crippen molar-refractivity contribution in [2.45, 2.75) is 17.5 Å². The zero-order valence-electron chi connectivity index (χ0n) is 13.0. The summed E-state index contributed by atoms with van der Waals surface area (Å²) in [5, 5.41) is 18.0. The maximum Gasteiger partial charge on any atom is 0.191 e. The van der Waals surface area contributed by atoms with Crippen molar-refractivity contribution in [3.8, 4) is 5.75 Å². The Morgan fingerprint density at radius 1 is 1.33 bits per heavy atom. The van der Waals surface area contributed by atoms with Gasteiger partial charge < -0.3 is 9.67 Å². The Labute approximate surface area is 144 Å². The van der Waals surface area contributed by atoms with Crippen molar-refractivity contribution in [2.24, 2.45) is 7.05 Å².